The Morgan fingerprint density at radius 2 is 2.41 bits per heavy atom. The monoisotopic (exact) mass is 236 g/mol. The third-order valence-electron chi connectivity index (χ3n) is 2.76. The van der Waals surface area contributed by atoms with E-state index in [0.29, 0.717) is 12.6 Å². The van der Waals surface area contributed by atoms with Gasteiger partial charge in [-0.3, -0.25) is 4.79 Å². The van der Waals surface area contributed by atoms with Gasteiger partial charge in [0, 0.05) is 25.2 Å². The third-order valence-corrected chi connectivity index (χ3v) is 2.76. The number of rotatable bonds is 7. The van der Waals surface area contributed by atoms with Crippen molar-refractivity contribution >= 4 is 5.91 Å². The Balaban J connectivity index is 1.74. The first-order chi connectivity index (χ1) is 8.28. The van der Waals surface area contributed by atoms with Gasteiger partial charge in [0.25, 0.3) is 0 Å². The van der Waals surface area contributed by atoms with E-state index in [0.717, 1.165) is 38.0 Å². The summed E-state index contributed by atoms with van der Waals surface area (Å²) in [6.07, 6.45) is 6.84. The van der Waals surface area contributed by atoms with Gasteiger partial charge in [-0.05, 0) is 19.4 Å². The lowest BCUT2D eigenvalue weighted by molar-refractivity contribution is -0.121. The Kier molecular flexibility index (Phi) is 4.14. The molecular weight excluding hydrogens is 216 g/mol. The van der Waals surface area contributed by atoms with Gasteiger partial charge < -0.3 is 15.2 Å². The fourth-order valence-corrected chi connectivity index (χ4v) is 1.68. The van der Waals surface area contributed by atoms with Gasteiger partial charge in [-0.2, -0.15) is 0 Å². The van der Waals surface area contributed by atoms with Gasteiger partial charge in [-0.1, -0.05) is 6.92 Å². The normalized spacial score (nSPS) is 14.9. The average molecular weight is 236 g/mol. The number of likely N-dealkylation sites (N-methyl/N-ethyl adjacent to an activating group) is 1. The highest BCUT2D eigenvalue weighted by Gasteiger charge is 2.23. The Bertz CT molecular complexity index is 370. The maximum Gasteiger partial charge on any atom is 0.240 e. The number of carbonyl (C=O) groups excluding carboxylic acids is 1. The molecule has 0 unspecified atom stereocenters. The molecule has 0 saturated heterocycles. The second-order valence-corrected chi connectivity index (χ2v) is 4.48. The molecule has 1 fully saturated rings. The van der Waals surface area contributed by atoms with E-state index in [4.69, 9.17) is 0 Å². The molecule has 5 heteroatoms. The van der Waals surface area contributed by atoms with Crippen molar-refractivity contribution in [3.8, 4) is 0 Å². The van der Waals surface area contributed by atoms with Crippen molar-refractivity contribution in [2.24, 2.45) is 0 Å². The van der Waals surface area contributed by atoms with E-state index in [-0.39, 0.29) is 5.91 Å². The Hall–Kier alpha value is -1.36. The minimum absolute atomic E-state index is 0.0862. The van der Waals surface area contributed by atoms with Crippen LogP contribution in [0.2, 0.25) is 0 Å². The predicted molar refractivity (Wildman–Crippen MR) is 65.6 cm³/mol. The van der Waals surface area contributed by atoms with Crippen molar-refractivity contribution in [2.45, 2.75) is 38.8 Å². The number of hydrogen-bond acceptors (Lipinski definition) is 3. The predicted octanol–water partition coefficient (Wildman–Crippen LogP) is 0.314. The van der Waals surface area contributed by atoms with Crippen LogP contribution in [0, 0.1) is 0 Å². The van der Waals surface area contributed by atoms with Crippen molar-refractivity contribution in [1.29, 1.82) is 0 Å². The number of carbonyl (C=O) groups is 1. The van der Waals surface area contributed by atoms with E-state index in [1.807, 2.05) is 10.8 Å². The first kappa shape index (κ1) is 12.1. The highest BCUT2D eigenvalue weighted by atomic mass is 16.2. The SMILES string of the molecule is CCNCCc1cn(CC(=O)NC2CC2)cn1. The van der Waals surface area contributed by atoms with E-state index in [2.05, 4.69) is 22.5 Å². The minimum Gasteiger partial charge on any atom is -0.352 e. The summed E-state index contributed by atoms with van der Waals surface area (Å²) in [4.78, 5) is 15.8. The Labute approximate surface area is 102 Å². The zero-order valence-corrected chi connectivity index (χ0v) is 10.3. The van der Waals surface area contributed by atoms with E-state index >= 15 is 0 Å². The zero-order valence-electron chi connectivity index (χ0n) is 10.3. The molecule has 5 nitrogen and oxygen atoms in total. The molecule has 17 heavy (non-hydrogen) atoms. The number of hydrogen-bond donors (Lipinski definition) is 2. The number of amides is 1. The first-order valence-corrected chi connectivity index (χ1v) is 6.28. The lowest BCUT2D eigenvalue weighted by Gasteiger charge is -2.03. The second-order valence-electron chi connectivity index (χ2n) is 4.48. The molecule has 0 atom stereocenters. The van der Waals surface area contributed by atoms with Crippen LogP contribution < -0.4 is 10.6 Å². The van der Waals surface area contributed by atoms with Gasteiger partial charge in [0.15, 0.2) is 0 Å². The van der Waals surface area contributed by atoms with Gasteiger partial charge >= 0.3 is 0 Å². The van der Waals surface area contributed by atoms with Gasteiger partial charge in [-0.25, -0.2) is 4.98 Å². The summed E-state index contributed by atoms with van der Waals surface area (Å²) in [5.41, 5.74) is 1.03. The number of imidazole rings is 1. The van der Waals surface area contributed by atoms with Gasteiger partial charge in [0.2, 0.25) is 5.91 Å². The van der Waals surface area contributed by atoms with Crippen LogP contribution in [-0.2, 0) is 17.8 Å². The van der Waals surface area contributed by atoms with Gasteiger partial charge in [0.05, 0.1) is 12.0 Å². The summed E-state index contributed by atoms with van der Waals surface area (Å²) in [6.45, 7) is 4.37. The Morgan fingerprint density at radius 1 is 1.59 bits per heavy atom. The number of aromatic nitrogens is 2. The van der Waals surface area contributed by atoms with Crippen LogP contribution in [0.4, 0.5) is 0 Å². The quantitative estimate of drug-likeness (QED) is 0.670. The molecule has 1 saturated carbocycles. The summed E-state index contributed by atoms with van der Waals surface area (Å²) < 4.78 is 1.85. The molecule has 1 amide bonds. The molecule has 1 aliphatic carbocycles. The molecule has 1 aliphatic rings. The molecule has 0 aromatic carbocycles. The lowest BCUT2D eigenvalue weighted by Crippen LogP contribution is -2.28. The van der Waals surface area contributed by atoms with Crippen molar-refractivity contribution in [2.75, 3.05) is 13.1 Å². The van der Waals surface area contributed by atoms with Crippen LogP contribution in [0.3, 0.4) is 0 Å². The molecular formula is C12H20N4O. The van der Waals surface area contributed by atoms with Crippen LogP contribution >= 0.6 is 0 Å². The highest BCUT2D eigenvalue weighted by molar-refractivity contribution is 5.76. The van der Waals surface area contributed by atoms with Gasteiger partial charge in [0.1, 0.15) is 6.54 Å². The van der Waals surface area contributed by atoms with Crippen LogP contribution in [0.15, 0.2) is 12.5 Å². The van der Waals surface area contributed by atoms with Crippen molar-refractivity contribution in [1.82, 2.24) is 20.2 Å². The summed E-state index contributed by atoms with van der Waals surface area (Å²) in [5, 5.41) is 6.22. The average Bonchev–Trinajstić information content (AvgIpc) is 2.99. The molecule has 1 aromatic heterocycles. The smallest absolute Gasteiger partial charge is 0.240 e. The van der Waals surface area contributed by atoms with Crippen molar-refractivity contribution in [3.05, 3.63) is 18.2 Å². The molecule has 2 N–H and O–H groups in total. The molecule has 1 heterocycles. The summed E-state index contributed by atoms with van der Waals surface area (Å²) in [6, 6.07) is 0.430. The molecule has 94 valence electrons. The van der Waals surface area contributed by atoms with E-state index < -0.39 is 0 Å². The molecule has 0 aliphatic heterocycles. The van der Waals surface area contributed by atoms with Crippen molar-refractivity contribution < 1.29 is 4.79 Å². The highest BCUT2D eigenvalue weighted by Crippen LogP contribution is 2.18. The van der Waals surface area contributed by atoms with Crippen LogP contribution in [0.25, 0.3) is 0 Å². The molecule has 0 radical (unpaired) electrons. The van der Waals surface area contributed by atoms with E-state index in [1.54, 1.807) is 6.33 Å². The largest absolute Gasteiger partial charge is 0.352 e. The maximum absolute atomic E-state index is 11.6. The number of nitrogens with one attached hydrogen (secondary N) is 2. The third kappa shape index (κ3) is 4.19. The molecule has 1 aromatic rings. The molecule has 2 rings (SSSR count). The Morgan fingerprint density at radius 3 is 3.12 bits per heavy atom. The second kappa shape index (κ2) is 5.82. The van der Waals surface area contributed by atoms with Crippen LogP contribution in [0.5, 0.6) is 0 Å². The fourth-order valence-electron chi connectivity index (χ4n) is 1.68. The van der Waals surface area contributed by atoms with Crippen LogP contribution in [0.1, 0.15) is 25.5 Å². The van der Waals surface area contributed by atoms with Gasteiger partial charge in [-0.15, -0.1) is 0 Å². The molecule has 0 bridgehead atoms. The van der Waals surface area contributed by atoms with Crippen molar-refractivity contribution in [3.63, 3.8) is 0 Å². The summed E-state index contributed by atoms with van der Waals surface area (Å²) in [7, 11) is 0. The van der Waals surface area contributed by atoms with Crippen LogP contribution in [-0.4, -0.2) is 34.6 Å². The fraction of sp³-hybridized carbons (Fsp3) is 0.667. The lowest BCUT2D eigenvalue weighted by atomic mass is 10.3. The maximum atomic E-state index is 11.6. The molecule has 0 spiro atoms. The summed E-state index contributed by atoms with van der Waals surface area (Å²) >= 11 is 0. The minimum atomic E-state index is 0.0862. The van der Waals surface area contributed by atoms with E-state index in [1.165, 1.54) is 0 Å². The first-order valence-electron chi connectivity index (χ1n) is 6.28. The topological polar surface area (TPSA) is 59.0 Å². The zero-order chi connectivity index (χ0) is 12.1. The van der Waals surface area contributed by atoms with E-state index in [9.17, 15) is 4.79 Å². The summed E-state index contributed by atoms with van der Waals surface area (Å²) in [5.74, 6) is 0.0862. The standard InChI is InChI=1S/C12H20N4O/c1-2-13-6-5-11-7-16(9-14-11)8-12(17)15-10-3-4-10/h7,9-10,13H,2-6,8H2,1H3,(H,15,17). The number of nitrogens with zero attached hydrogens (tertiary/aromatic N) is 2.